The van der Waals surface area contributed by atoms with E-state index in [4.69, 9.17) is 0 Å². The highest BCUT2D eigenvalue weighted by Crippen LogP contribution is 2.27. The number of benzene rings is 1. The average molecular weight is 307 g/mol. The molecule has 0 saturated heterocycles. The van der Waals surface area contributed by atoms with Gasteiger partial charge in [-0.3, -0.25) is 15.1 Å². The summed E-state index contributed by atoms with van der Waals surface area (Å²) in [6.45, 7) is 0. The van der Waals surface area contributed by atoms with E-state index in [1.54, 1.807) is 24.4 Å². The van der Waals surface area contributed by atoms with Crippen molar-refractivity contribution in [3.63, 3.8) is 0 Å². The van der Waals surface area contributed by atoms with Crippen molar-refractivity contribution in [2.75, 3.05) is 5.33 Å². The molecule has 2 aromatic rings. The number of nitro benzene ring substituents is 1. The maximum absolute atomic E-state index is 10.9. The van der Waals surface area contributed by atoms with Gasteiger partial charge in [-0.1, -0.05) is 28.1 Å². The van der Waals surface area contributed by atoms with Crippen molar-refractivity contribution < 1.29 is 4.92 Å². The minimum Gasteiger partial charge on any atom is -0.258 e. The van der Waals surface area contributed by atoms with Crippen molar-refractivity contribution >= 4 is 38.6 Å². The number of allylic oxidation sites excluding steroid dienone is 1. The van der Waals surface area contributed by atoms with Gasteiger partial charge in [-0.25, -0.2) is 0 Å². The van der Waals surface area contributed by atoms with Crippen LogP contribution in [0.5, 0.6) is 0 Å². The molecule has 0 fully saturated rings. The van der Waals surface area contributed by atoms with Crippen LogP contribution in [0.1, 0.15) is 12.0 Å². The Hall–Kier alpha value is -1.75. The number of aromatic nitrogens is 1. The van der Waals surface area contributed by atoms with Crippen molar-refractivity contribution in [2.45, 2.75) is 6.42 Å². The van der Waals surface area contributed by atoms with E-state index in [9.17, 15) is 10.1 Å². The Morgan fingerprint density at radius 3 is 2.94 bits per heavy atom. The fourth-order valence-electron chi connectivity index (χ4n) is 1.75. The first-order valence-electron chi connectivity index (χ1n) is 5.48. The van der Waals surface area contributed by atoms with E-state index in [0.29, 0.717) is 10.9 Å². The smallest absolute Gasteiger partial charge is 0.258 e. The second-order valence-corrected chi connectivity index (χ2v) is 4.50. The quantitative estimate of drug-likeness (QED) is 0.488. The molecule has 0 aliphatic rings. The van der Waals surface area contributed by atoms with E-state index in [2.05, 4.69) is 20.9 Å². The zero-order chi connectivity index (χ0) is 13.0. The van der Waals surface area contributed by atoms with Gasteiger partial charge in [0, 0.05) is 23.2 Å². The van der Waals surface area contributed by atoms with Gasteiger partial charge in [-0.2, -0.15) is 0 Å². The summed E-state index contributed by atoms with van der Waals surface area (Å²) < 4.78 is 0. The van der Waals surface area contributed by atoms with E-state index in [1.807, 2.05) is 12.2 Å². The lowest BCUT2D eigenvalue weighted by Gasteiger charge is -2.02. The van der Waals surface area contributed by atoms with Crippen LogP contribution in [0.4, 0.5) is 5.69 Å². The van der Waals surface area contributed by atoms with Crippen LogP contribution in [0.25, 0.3) is 17.0 Å². The Morgan fingerprint density at radius 2 is 2.22 bits per heavy atom. The number of halogens is 1. The molecule has 0 saturated carbocycles. The molecule has 0 spiro atoms. The lowest BCUT2D eigenvalue weighted by molar-refractivity contribution is -0.383. The summed E-state index contributed by atoms with van der Waals surface area (Å²) in [5.74, 6) is 0. The molecule has 5 heteroatoms. The van der Waals surface area contributed by atoms with E-state index in [-0.39, 0.29) is 10.6 Å². The first-order valence-corrected chi connectivity index (χ1v) is 6.61. The van der Waals surface area contributed by atoms with Gasteiger partial charge in [0.2, 0.25) is 0 Å². The number of rotatable bonds is 4. The molecule has 0 bridgehead atoms. The second-order valence-electron chi connectivity index (χ2n) is 3.71. The fourth-order valence-corrected chi connectivity index (χ4v) is 2.01. The number of hydrogen-bond acceptors (Lipinski definition) is 3. The van der Waals surface area contributed by atoms with Gasteiger partial charge < -0.3 is 0 Å². The van der Waals surface area contributed by atoms with Crippen LogP contribution >= 0.6 is 15.9 Å². The molecule has 2 rings (SSSR count). The molecule has 0 N–H and O–H groups in total. The van der Waals surface area contributed by atoms with Crippen LogP contribution in [0.15, 0.2) is 36.5 Å². The Labute approximate surface area is 113 Å². The van der Waals surface area contributed by atoms with Gasteiger partial charge >= 0.3 is 0 Å². The first kappa shape index (κ1) is 12.7. The Bertz CT molecular complexity index is 611. The van der Waals surface area contributed by atoms with Gasteiger partial charge in [0.15, 0.2) is 0 Å². The van der Waals surface area contributed by atoms with Crippen molar-refractivity contribution in [3.05, 3.63) is 52.2 Å². The van der Waals surface area contributed by atoms with Gasteiger partial charge in [0.05, 0.1) is 15.8 Å². The topological polar surface area (TPSA) is 56.0 Å². The number of fused-ring (bicyclic) bond motifs is 1. The molecule has 1 heterocycles. The highest BCUT2D eigenvalue weighted by molar-refractivity contribution is 9.09. The Morgan fingerprint density at radius 1 is 1.39 bits per heavy atom. The molecule has 92 valence electrons. The van der Waals surface area contributed by atoms with Crippen molar-refractivity contribution in [3.8, 4) is 0 Å². The van der Waals surface area contributed by atoms with Crippen molar-refractivity contribution in [1.82, 2.24) is 4.98 Å². The SMILES string of the molecule is O=[N+]([O-])c1ccc(C=CCCBr)c2ncccc12. The maximum Gasteiger partial charge on any atom is 0.278 e. The molecular formula is C13H11BrN2O2. The highest BCUT2D eigenvalue weighted by Gasteiger charge is 2.13. The van der Waals surface area contributed by atoms with E-state index < -0.39 is 0 Å². The van der Waals surface area contributed by atoms with Crippen molar-refractivity contribution in [1.29, 1.82) is 0 Å². The molecule has 0 unspecified atom stereocenters. The summed E-state index contributed by atoms with van der Waals surface area (Å²) in [4.78, 5) is 14.8. The number of nitro groups is 1. The number of hydrogen-bond donors (Lipinski definition) is 0. The standard InChI is InChI=1S/C13H11BrN2O2/c14-8-2-1-4-10-6-7-12(16(17)18)11-5-3-9-15-13(10)11/h1,3-7,9H,2,8H2. The third kappa shape index (κ3) is 2.56. The van der Waals surface area contributed by atoms with Gasteiger partial charge in [0.1, 0.15) is 0 Å². The van der Waals surface area contributed by atoms with Gasteiger partial charge in [-0.05, 0) is 24.6 Å². The first-order chi connectivity index (χ1) is 8.74. The molecular weight excluding hydrogens is 296 g/mol. The third-order valence-electron chi connectivity index (χ3n) is 2.55. The number of nitrogens with zero attached hydrogens (tertiary/aromatic N) is 2. The van der Waals surface area contributed by atoms with Crippen LogP contribution in [0.2, 0.25) is 0 Å². The second kappa shape index (κ2) is 5.73. The van der Waals surface area contributed by atoms with E-state index >= 15 is 0 Å². The number of non-ortho nitro benzene ring substituents is 1. The fraction of sp³-hybridized carbons (Fsp3) is 0.154. The lowest BCUT2D eigenvalue weighted by Crippen LogP contribution is -1.92. The summed E-state index contributed by atoms with van der Waals surface area (Å²) >= 11 is 3.35. The zero-order valence-electron chi connectivity index (χ0n) is 9.54. The average Bonchev–Trinajstić information content (AvgIpc) is 2.38. The van der Waals surface area contributed by atoms with E-state index in [0.717, 1.165) is 17.3 Å². The van der Waals surface area contributed by atoms with Gasteiger partial charge in [-0.15, -0.1) is 0 Å². The summed E-state index contributed by atoms with van der Waals surface area (Å²) in [5.41, 5.74) is 1.66. The minimum atomic E-state index is -0.379. The Kier molecular flexibility index (Phi) is 4.04. The summed E-state index contributed by atoms with van der Waals surface area (Å²) in [7, 11) is 0. The third-order valence-corrected chi connectivity index (χ3v) is 3.01. The predicted molar refractivity (Wildman–Crippen MR) is 75.8 cm³/mol. The van der Waals surface area contributed by atoms with Crippen LogP contribution in [0, 0.1) is 10.1 Å². The molecule has 0 radical (unpaired) electrons. The minimum absolute atomic E-state index is 0.0933. The summed E-state index contributed by atoms with van der Waals surface area (Å²) in [5, 5.41) is 12.4. The molecule has 1 aromatic heterocycles. The molecule has 18 heavy (non-hydrogen) atoms. The number of pyridine rings is 1. The predicted octanol–water partition coefficient (Wildman–Crippen LogP) is 3.94. The van der Waals surface area contributed by atoms with Crippen LogP contribution in [-0.2, 0) is 0 Å². The summed E-state index contributed by atoms with van der Waals surface area (Å²) in [6, 6.07) is 6.69. The lowest BCUT2D eigenvalue weighted by atomic mass is 10.1. The molecule has 1 aromatic carbocycles. The van der Waals surface area contributed by atoms with Crippen LogP contribution < -0.4 is 0 Å². The van der Waals surface area contributed by atoms with Crippen LogP contribution in [0.3, 0.4) is 0 Å². The molecule has 4 nitrogen and oxygen atoms in total. The maximum atomic E-state index is 10.9. The number of alkyl halides is 1. The van der Waals surface area contributed by atoms with Gasteiger partial charge in [0.25, 0.3) is 5.69 Å². The van der Waals surface area contributed by atoms with Crippen LogP contribution in [-0.4, -0.2) is 15.2 Å². The molecule has 0 aliphatic carbocycles. The Balaban J connectivity index is 2.57. The molecule has 0 amide bonds. The highest BCUT2D eigenvalue weighted by atomic mass is 79.9. The normalized spacial score (nSPS) is 11.2. The molecule has 0 atom stereocenters. The monoisotopic (exact) mass is 306 g/mol. The largest absolute Gasteiger partial charge is 0.278 e. The summed E-state index contributed by atoms with van der Waals surface area (Å²) in [6.07, 6.45) is 6.52. The zero-order valence-corrected chi connectivity index (χ0v) is 11.1. The molecule has 0 aliphatic heterocycles. The van der Waals surface area contributed by atoms with E-state index in [1.165, 1.54) is 6.07 Å². The van der Waals surface area contributed by atoms with Crippen molar-refractivity contribution in [2.24, 2.45) is 0 Å².